The number of amides is 2. The molecule has 0 saturated carbocycles. The number of hydrogen-bond donors (Lipinski definition) is 0. The van der Waals surface area contributed by atoms with Gasteiger partial charge in [0.25, 0.3) is 0 Å². The summed E-state index contributed by atoms with van der Waals surface area (Å²) in [6.07, 6.45) is 2.44. The highest BCUT2D eigenvalue weighted by atomic mass is 16.7. The molecule has 2 bridgehead atoms. The molecule has 9 nitrogen and oxygen atoms in total. The summed E-state index contributed by atoms with van der Waals surface area (Å²) in [6, 6.07) is 3.09. The molecule has 25 heavy (non-hydrogen) atoms. The third-order valence-electron chi connectivity index (χ3n) is 5.13. The molecule has 5 heterocycles. The molecule has 3 saturated heterocycles. The maximum atomic E-state index is 13.1. The van der Waals surface area contributed by atoms with Gasteiger partial charge in [0.15, 0.2) is 17.7 Å². The number of carbonyl (C=O) groups is 2. The third-order valence-corrected chi connectivity index (χ3v) is 5.13. The standard InChI is InChI=1S/C16H15N3O6/c1-22-10-3-2-9(17-18-10)19-13(20)11-8-4-5-16(25-8,12(11)14(19)21)15-23-6-7-24-15/h2-5,8,11-12,15H,6-7H2,1H3/t8-,11-,12+,16-/m1/s1. The Morgan fingerprint density at radius 3 is 2.68 bits per heavy atom. The van der Waals surface area contributed by atoms with E-state index in [0.717, 1.165) is 4.90 Å². The van der Waals surface area contributed by atoms with Crippen molar-refractivity contribution in [3.8, 4) is 5.88 Å². The van der Waals surface area contributed by atoms with E-state index in [2.05, 4.69) is 10.2 Å². The molecule has 4 aliphatic heterocycles. The summed E-state index contributed by atoms with van der Waals surface area (Å²) < 4.78 is 22.1. The second kappa shape index (κ2) is 5.07. The van der Waals surface area contributed by atoms with Gasteiger partial charge in [-0.05, 0) is 12.1 Å². The minimum atomic E-state index is -1.06. The van der Waals surface area contributed by atoms with Crippen molar-refractivity contribution < 1.29 is 28.5 Å². The van der Waals surface area contributed by atoms with Crippen LogP contribution < -0.4 is 9.64 Å². The molecule has 5 rings (SSSR count). The van der Waals surface area contributed by atoms with E-state index in [1.807, 2.05) is 0 Å². The Labute approximate surface area is 142 Å². The highest BCUT2D eigenvalue weighted by Gasteiger charge is 2.71. The molecule has 4 atom stereocenters. The number of anilines is 1. The summed E-state index contributed by atoms with van der Waals surface area (Å²) in [5.41, 5.74) is -1.06. The monoisotopic (exact) mass is 345 g/mol. The van der Waals surface area contributed by atoms with Crippen LogP contribution in [-0.4, -0.2) is 60.3 Å². The molecule has 1 aromatic rings. The van der Waals surface area contributed by atoms with E-state index < -0.39 is 29.8 Å². The van der Waals surface area contributed by atoms with E-state index in [4.69, 9.17) is 18.9 Å². The van der Waals surface area contributed by atoms with Gasteiger partial charge in [0, 0.05) is 6.07 Å². The van der Waals surface area contributed by atoms with Gasteiger partial charge >= 0.3 is 0 Å². The van der Waals surface area contributed by atoms with Gasteiger partial charge in [-0.25, -0.2) is 4.90 Å². The average molecular weight is 345 g/mol. The van der Waals surface area contributed by atoms with Crippen molar-refractivity contribution in [2.45, 2.75) is 18.0 Å². The highest BCUT2D eigenvalue weighted by molar-refractivity contribution is 6.22. The number of rotatable bonds is 3. The molecule has 130 valence electrons. The normalized spacial score (nSPS) is 36.5. The Morgan fingerprint density at radius 2 is 2.00 bits per heavy atom. The van der Waals surface area contributed by atoms with Crippen LogP contribution in [0, 0.1) is 11.8 Å². The fourth-order valence-electron chi connectivity index (χ4n) is 4.09. The summed E-state index contributed by atoms with van der Waals surface area (Å²) in [7, 11) is 1.46. The van der Waals surface area contributed by atoms with Crippen LogP contribution in [0.5, 0.6) is 5.88 Å². The molecule has 4 aliphatic rings. The molecular weight excluding hydrogens is 330 g/mol. The molecule has 1 aromatic heterocycles. The van der Waals surface area contributed by atoms with Crippen LogP contribution in [-0.2, 0) is 23.8 Å². The fraction of sp³-hybridized carbons (Fsp3) is 0.500. The molecule has 0 unspecified atom stereocenters. The molecule has 0 aliphatic carbocycles. The SMILES string of the molecule is COc1ccc(N2C(=O)[C@H]3[C@@H](C2=O)[C@@]2(C4OCCO4)C=C[C@H]3O2)nn1. The highest BCUT2D eigenvalue weighted by Crippen LogP contribution is 2.54. The molecule has 0 spiro atoms. The zero-order valence-corrected chi connectivity index (χ0v) is 13.3. The largest absolute Gasteiger partial charge is 0.480 e. The number of carbonyl (C=O) groups excluding carboxylic acids is 2. The van der Waals surface area contributed by atoms with E-state index >= 15 is 0 Å². The van der Waals surface area contributed by atoms with Crippen molar-refractivity contribution >= 4 is 17.6 Å². The molecule has 0 aromatic carbocycles. The van der Waals surface area contributed by atoms with E-state index in [1.54, 1.807) is 18.2 Å². The van der Waals surface area contributed by atoms with Gasteiger partial charge in [0.1, 0.15) is 0 Å². The van der Waals surface area contributed by atoms with Gasteiger partial charge in [-0.2, -0.15) is 0 Å². The van der Waals surface area contributed by atoms with Crippen molar-refractivity contribution in [1.29, 1.82) is 0 Å². The minimum absolute atomic E-state index is 0.174. The average Bonchev–Trinajstić information content (AvgIpc) is 3.39. The first-order chi connectivity index (χ1) is 12.2. The summed E-state index contributed by atoms with van der Waals surface area (Å²) in [5.74, 6) is -1.54. The van der Waals surface area contributed by atoms with Crippen LogP contribution in [0.25, 0.3) is 0 Å². The topological polar surface area (TPSA) is 100 Å². The predicted molar refractivity (Wildman–Crippen MR) is 80.5 cm³/mol. The summed E-state index contributed by atoms with van der Waals surface area (Å²) in [5, 5.41) is 7.77. The summed E-state index contributed by atoms with van der Waals surface area (Å²) >= 11 is 0. The predicted octanol–water partition coefficient (Wildman–Crippen LogP) is -0.329. The number of aromatic nitrogens is 2. The van der Waals surface area contributed by atoms with Crippen molar-refractivity contribution in [3.63, 3.8) is 0 Å². The van der Waals surface area contributed by atoms with Crippen molar-refractivity contribution in [2.24, 2.45) is 11.8 Å². The van der Waals surface area contributed by atoms with Crippen LogP contribution in [0.4, 0.5) is 5.82 Å². The number of fused-ring (bicyclic) bond motifs is 5. The zero-order valence-electron chi connectivity index (χ0n) is 13.3. The second-order valence-corrected chi connectivity index (χ2v) is 6.32. The molecule has 9 heteroatoms. The van der Waals surface area contributed by atoms with E-state index in [9.17, 15) is 9.59 Å². The van der Waals surface area contributed by atoms with Gasteiger partial charge in [-0.3, -0.25) is 9.59 Å². The number of imide groups is 1. The maximum absolute atomic E-state index is 13.1. The summed E-state index contributed by atoms with van der Waals surface area (Å²) in [4.78, 5) is 27.1. The van der Waals surface area contributed by atoms with Gasteiger partial charge in [0.2, 0.25) is 17.7 Å². The summed E-state index contributed by atoms with van der Waals surface area (Å²) in [6.45, 7) is 0.864. The third kappa shape index (κ3) is 1.82. The van der Waals surface area contributed by atoms with Crippen LogP contribution in [0.1, 0.15) is 0 Å². The van der Waals surface area contributed by atoms with Gasteiger partial charge < -0.3 is 18.9 Å². The number of hydrogen-bond acceptors (Lipinski definition) is 8. The van der Waals surface area contributed by atoms with Crippen LogP contribution in [0.3, 0.4) is 0 Å². The number of nitrogens with zero attached hydrogens (tertiary/aromatic N) is 3. The Bertz CT molecular complexity index is 775. The zero-order chi connectivity index (χ0) is 17.2. The molecule has 3 fully saturated rings. The van der Waals surface area contributed by atoms with Gasteiger partial charge in [-0.1, -0.05) is 6.08 Å². The molecule has 0 radical (unpaired) electrons. The number of ether oxygens (including phenoxy) is 4. The van der Waals surface area contributed by atoms with Crippen molar-refractivity contribution in [2.75, 3.05) is 25.2 Å². The minimum Gasteiger partial charge on any atom is -0.480 e. The Morgan fingerprint density at radius 1 is 1.20 bits per heavy atom. The molecule has 0 N–H and O–H groups in total. The fourth-order valence-corrected chi connectivity index (χ4v) is 4.09. The van der Waals surface area contributed by atoms with Crippen molar-refractivity contribution in [1.82, 2.24) is 10.2 Å². The Hall–Kier alpha value is -2.36. The first kappa shape index (κ1) is 14.9. The lowest BCUT2D eigenvalue weighted by atomic mass is 9.76. The lowest BCUT2D eigenvalue weighted by Crippen LogP contribution is -2.49. The Kier molecular flexibility index (Phi) is 3.03. The van der Waals surface area contributed by atoms with E-state index in [0.29, 0.717) is 19.1 Å². The lowest BCUT2D eigenvalue weighted by molar-refractivity contribution is -0.180. The number of methoxy groups -OCH3 is 1. The second-order valence-electron chi connectivity index (χ2n) is 6.32. The molecule has 2 amide bonds. The first-order valence-corrected chi connectivity index (χ1v) is 8.01. The van der Waals surface area contributed by atoms with Crippen LogP contribution in [0.2, 0.25) is 0 Å². The lowest BCUT2D eigenvalue weighted by Gasteiger charge is -2.32. The maximum Gasteiger partial charge on any atom is 0.242 e. The molecular formula is C16H15N3O6. The van der Waals surface area contributed by atoms with Crippen molar-refractivity contribution in [3.05, 3.63) is 24.3 Å². The van der Waals surface area contributed by atoms with E-state index in [-0.39, 0.29) is 17.6 Å². The van der Waals surface area contributed by atoms with E-state index in [1.165, 1.54) is 13.2 Å². The quantitative estimate of drug-likeness (QED) is 0.542. The van der Waals surface area contributed by atoms with Gasteiger partial charge in [0.05, 0.1) is 38.3 Å². The smallest absolute Gasteiger partial charge is 0.242 e. The van der Waals surface area contributed by atoms with Crippen LogP contribution >= 0.6 is 0 Å². The Balaban J connectivity index is 1.53. The van der Waals surface area contributed by atoms with Crippen LogP contribution in [0.15, 0.2) is 24.3 Å². The first-order valence-electron chi connectivity index (χ1n) is 8.01. The van der Waals surface area contributed by atoms with Gasteiger partial charge in [-0.15, -0.1) is 10.2 Å².